The highest BCUT2D eigenvalue weighted by Gasteiger charge is 2.13. The average molecular weight is 440 g/mol. The fraction of sp³-hybridized carbons (Fsp3) is 0.188. The molecule has 23 heavy (non-hydrogen) atoms. The van der Waals surface area contributed by atoms with Crippen molar-refractivity contribution in [2.45, 2.75) is 20.5 Å². The third-order valence-electron chi connectivity index (χ3n) is 3.51. The summed E-state index contributed by atoms with van der Waals surface area (Å²) in [5, 5.41) is 0.611. The Kier molecular flexibility index (Phi) is 4.49. The van der Waals surface area contributed by atoms with E-state index in [0.717, 1.165) is 14.0 Å². The molecule has 0 atom stereocenters. The average Bonchev–Trinajstić information content (AvgIpc) is 2.80. The van der Waals surface area contributed by atoms with Crippen LogP contribution in [0.25, 0.3) is 10.2 Å². The van der Waals surface area contributed by atoms with Crippen LogP contribution in [0.2, 0.25) is 0 Å². The summed E-state index contributed by atoms with van der Waals surface area (Å²) >= 11 is 3.63. The Morgan fingerprint density at radius 2 is 2.00 bits per heavy atom. The zero-order valence-corrected chi connectivity index (χ0v) is 15.4. The van der Waals surface area contributed by atoms with Crippen LogP contribution in [0.3, 0.4) is 0 Å². The Morgan fingerprint density at radius 3 is 2.70 bits per heavy atom. The van der Waals surface area contributed by atoms with Gasteiger partial charge >= 0.3 is 5.97 Å². The van der Waals surface area contributed by atoms with E-state index in [2.05, 4.69) is 32.6 Å². The number of hydrogen-bond donors (Lipinski definition) is 1. The van der Waals surface area contributed by atoms with Crippen LogP contribution < -0.4 is 5.56 Å². The quantitative estimate of drug-likeness (QED) is 0.500. The summed E-state index contributed by atoms with van der Waals surface area (Å²) < 4.78 is 6.27. The van der Waals surface area contributed by atoms with Gasteiger partial charge in [0.1, 0.15) is 17.3 Å². The summed E-state index contributed by atoms with van der Waals surface area (Å²) in [4.78, 5) is 32.9. The molecule has 3 aromatic rings. The van der Waals surface area contributed by atoms with Gasteiger partial charge in [0.2, 0.25) is 0 Å². The Hall–Kier alpha value is -1.74. The van der Waals surface area contributed by atoms with Gasteiger partial charge in [0.05, 0.1) is 10.9 Å². The summed E-state index contributed by atoms with van der Waals surface area (Å²) in [6.45, 7) is 3.80. The molecule has 0 amide bonds. The topological polar surface area (TPSA) is 72.0 Å². The van der Waals surface area contributed by atoms with Crippen molar-refractivity contribution in [2.75, 3.05) is 0 Å². The lowest BCUT2D eigenvalue weighted by atomic mass is 10.2. The monoisotopic (exact) mass is 440 g/mol. The normalized spacial score (nSPS) is 10.9. The first-order chi connectivity index (χ1) is 11.0. The van der Waals surface area contributed by atoms with Crippen LogP contribution in [0.4, 0.5) is 0 Å². The molecule has 0 spiro atoms. The predicted molar refractivity (Wildman–Crippen MR) is 98.0 cm³/mol. The molecule has 7 heteroatoms. The summed E-state index contributed by atoms with van der Waals surface area (Å²) in [5.74, 6) is -0.0923. The highest BCUT2D eigenvalue weighted by atomic mass is 127. The molecule has 0 saturated heterocycles. The maximum Gasteiger partial charge on any atom is 0.338 e. The van der Waals surface area contributed by atoms with E-state index in [1.54, 1.807) is 12.1 Å². The van der Waals surface area contributed by atoms with Gasteiger partial charge in [0.15, 0.2) is 0 Å². The smallest absolute Gasteiger partial charge is 0.338 e. The van der Waals surface area contributed by atoms with Crippen LogP contribution in [0, 0.1) is 17.4 Å². The van der Waals surface area contributed by atoms with Gasteiger partial charge in [-0.3, -0.25) is 4.79 Å². The molecule has 2 heterocycles. The standard InChI is InChI=1S/C16H13IN2O3S/c1-8-9(2)23-15-13(8)14(20)18-12(19-15)7-22-16(21)10-3-5-11(17)6-4-10/h3-6H,7H2,1-2H3,(H,18,19,20). The van der Waals surface area contributed by atoms with Crippen LogP contribution in [-0.2, 0) is 11.3 Å². The van der Waals surface area contributed by atoms with Crippen molar-refractivity contribution < 1.29 is 9.53 Å². The second-order valence-corrected chi connectivity index (χ2v) is 7.51. The van der Waals surface area contributed by atoms with Crippen molar-refractivity contribution in [3.05, 3.63) is 60.0 Å². The first-order valence-electron chi connectivity index (χ1n) is 6.87. The third-order valence-corrected chi connectivity index (χ3v) is 5.33. The van der Waals surface area contributed by atoms with Crippen molar-refractivity contribution in [3.8, 4) is 0 Å². The van der Waals surface area contributed by atoms with Crippen LogP contribution in [0.15, 0.2) is 29.1 Å². The number of hydrogen-bond acceptors (Lipinski definition) is 5. The molecule has 3 rings (SSSR count). The van der Waals surface area contributed by atoms with Gasteiger partial charge in [-0.1, -0.05) is 0 Å². The zero-order chi connectivity index (χ0) is 16.6. The number of rotatable bonds is 3. The highest BCUT2D eigenvalue weighted by Crippen LogP contribution is 2.25. The minimum Gasteiger partial charge on any atom is -0.454 e. The van der Waals surface area contributed by atoms with Gasteiger partial charge in [0, 0.05) is 8.45 Å². The molecule has 0 aliphatic carbocycles. The van der Waals surface area contributed by atoms with E-state index >= 15 is 0 Å². The van der Waals surface area contributed by atoms with E-state index in [1.165, 1.54) is 11.3 Å². The number of aromatic nitrogens is 2. The summed E-state index contributed by atoms with van der Waals surface area (Å²) in [6.07, 6.45) is 0. The van der Waals surface area contributed by atoms with Gasteiger partial charge in [-0.05, 0) is 66.3 Å². The van der Waals surface area contributed by atoms with E-state index < -0.39 is 5.97 Å². The van der Waals surface area contributed by atoms with E-state index in [4.69, 9.17) is 4.74 Å². The Bertz CT molecular complexity index is 944. The molecule has 1 aromatic carbocycles. The molecule has 0 aliphatic rings. The van der Waals surface area contributed by atoms with Crippen LogP contribution >= 0.6 is 33.9 Å². The van der Waals surface area contributed by atoms with E-state index in [1.807, 2.05) is 26.0 Å². The van der Waals surface area contributed by atoms with Gasteiger partial charge in [0.25, 0.3) is 5.56 Å². The lowest BCUT2D eigenvalue weighted by Gasteiger charge is -2.04. The molecule has 1 N–H and O–H groups in total. The fourth-order valence-electron chi connectivity index (χ4n) is 2.17. The van der Waals surface area contributed by atoms with E-state index in [-0.39, 0.29) is 12.2 Å². The molecular weight excluding hydrogens is 427 g/mol. The first-order valence-corrected chi connectivity index (χ1v) is 8.77. The minimum absolute atomic E-state index is 0.0635. The highest BCUT2D eigenvalue weighted by molar-refractivity contribution is 14.1. The second kappa shape index (κ2) is 6.40. The number of carbonyl (C=O) groups is 1. The van der Waals surface area contributed by atoms with Gasteiger partial charge < -0.3 is 9.72 Å². The molecule has 0 bridgehead atoms. The Labute approximate surface area is 149 Å². The second-order valence-electron chi connectivity index (χ2n) is 5.06. The van der Waals surface area contributed by atoms with Gasteiger partial charge in [-0.25, -0.2) is 9.78 Å². The fourth-order valence-corrected chi connectivity index (χ4v) is 3.58. The Morgan fingerprint density at radius 1 is 1.30 bits per heavy atom. The number of aryl methyl sites for hydroxylation is 2. The third kappa shape index (κ3) is 3.30. The number of nitrogens with zero attached hydrogens (tertiary/aromatic N) is 1. The van der Waals surface area contributed by atoms with Crippen molar-refractivity contribution in [3.63, 3.8) is 0 Å². The summed E-state index contributed by atoms with van der Waals surface area (Å²) in [7, 11) is 0. The Balaban J connectivity index is 1.81. The van der Waals surface area contributed by atoms with Crippen molar-refractivity contribution in [2.24, 2.45) is 0 Å². The molecule has 0 aliphatic heterocycles. The van der Waals surface area contributed by atoms with Crippen molar-refractivity contribution >= 4 is 50.1 Å². The number of thiophene rings is 1. The van der Waals surface area contributed by atoms with Gasteiger partial charge in [-0.15, -0.1) is 11.3 Å². The van der Waals surface area contributed by atoms with E-state index in [0.29, 0.717) is 21.6 Å². The number of H-pyrrole nitrogens is 1. The number of benzene rings is 1. The minimum atomic E-state index is -0.442. The molecular formula is C16H13IN2O3S. The molecule has 2 aromatic heterocycles. The van der Waals surface area contributed by atoms with Crippen molar-refractivity contribution in [1.29, 1.82) is 0 Å². The molecule has 5 nitrogen and oxygen atoms in total. The predicted octanol–water partition coefficient (Wildman–Crippen LogP) is 3.56. The molecule has 0 radical (unpaired) electrons. The number of ether oxygens (including phenoxy) is 1. The number of carbonyl (C=O) groups excluding carboxylic acids is 1. The molecule has 0 unspecified atom stereocenters. The van der Waals surface area contributed by atoms with Crippen LogP contribution in [0.5, 0.6) is 0 Å². The number of esters is 1. The lowest BCUT2D eigenvalue weighted by Crippen LogP contribution is -2.14. The molecule has 118 valence electrons. The number of halogens is 1. The summed E-state index contributed by atoms with van der Waals surface area (Å²) in [6, 6.07) is 7.08. The largest absolute Gasteiger partial charge is 0.454 e. The zero-order valence-electron chi connectivity index (χ0n) is 12.5. The van der Waals surface area contributed by atoms with Crippen LogP contribution in [0.1, 0.15) is 26.6 Å². The van der Waals surface area contributed by atoms with Gasteiger partial charge in [-0.2, -0.15) is 0 Å². The van der Waals surface area contributed by atoms with E-state index in [9.17, 15) is 9.59 Å². The number of aromatic amines is 1. The SMILES string of the molecule is Cc1sc2nc(COC(=O)c3ccc(I)cc3)[nH]c(=O)c2c1C. The summed E-state index contributed by atoms with van der Waals surface area (Å²) in [5.41, 5.74) is 1.22. The lowest BCUT2D eigenvalue weighted by molar-refractivity contribution is 0.0462. The number of nitrogens with one attached hydrogen (secondary N) is 1. The van der Waals surface area contributed by atoms with Crippen molar-refractivity contribution in [1.82, 2.24) is 9.97 Å². The number of fused-ring (bicyclic) bond motifs is 1. The maximum atomic E-state index is 12.2. The molecule has 0 fully saturated rings. The maximum absolute atomic E-state index is 12.2. The first kappa shape index (κ1) is 16.1. The molecule has 0 saturated carbocycles. The van der Waals surface area contributed by atoms with Crippen LogP contribution in [-0.4, -0.2) is 15.9 Å².